The number of hydrogen-bond acceptors (Lipinski definition) is 1. The summed E-state index contributed by atoms with van der Waals surface area (Å²) in [6.45, 7) is 0. The molecular formula is C16H14Br2ClNO. The van der Waals surface area contributed by atoms with Crippen molar-refractivity contribution < 1.29 is 4.79 Å². The molecule has 1 N–H and O–H groups in total. The topological polar surface area (TPSA) is 29.1 Å². The second kappa shape index (κ2) is 7.97. The number of amides is 1. The zero-order valence-electron chi connectivity index (χ0n) is 11.2. The summed E-state index contributed by atoms with van der Waals surface area (Å²) in [6, 6.07) is 15.3. The van der Waals surface area contributed by atoms with Gasteiger partial charge in [-0.3, -0.25) is 4.79 Å². The Morgan fingerprint density at radius 1 is 1.19 bits per heavy atom. The third-order valence-electron chi connectivity index (χ3n) is 3.02. The van der Waals surface area contributed by atoms with Gasteiger partial charge in [0.1, 0.15) is 0 Å². The van der Waals surface area contributed by atoms with Gasteiger partial charge in [0, 0.05) is 15.8 Å². The molecule has 0 radical (unpaired) electrons. The molecule has 21 heavy (non-hydrogen) atoms. The minimum Gasteiger partial charge on any atom is -0.348 e. The largest absolute Gasteiger partial charge is 0.348 e. The third-order valence-corrected chi connectivity index (χ3v) is 4.62. The Morgan fingerprint density at radius 3 is 2.57 bits per heavy atom. The summed E-state index contributed by atoms with van der Waals surface area (Å²) in [4.78, 5) is 12.3. The quantitative estimate of drug-likeness (QED) is 0.675. The molecule has 1 atom stereocenters. The van der Waals surface area contributed by atoms with E-state index in [4.69, 9.17) is 11.6 Å². The van der Waals surface area contributed by atoms with Crippen molar-refractivity contribution in [1.82, 2.24) is 5.32 Å². The van der Waals surface area contributed by atoms with Gasteiger partial charge in [0.25, 0.3) is 5.91 Å². The third kappa shape index (κ3) is 4.83. The standard InChI is InChI=1S/C16H14Br2ClNO/c17-10-13(8-11-4-2-1-3-5-11)20-16(21)14-9-12(18)6-7-15(14)19/h1-7,9,13H,8,10H2,(H,20,21). The highest BCUT2D eigenvalue weighted by molar-refractivity contribution is 9.10. The van der Waals surface area contributed by atoms with Crippen molar-refractivity contribution in [1.29, 1.82) is 0 Å². The predicted octanol–water partition coefficient (Wildman–Crippen LogP) is 4.84. The van der Waals surface area contributed by atoms with Crippen LogP contribution in [0.4, 0.5) is 0 Å². The maximum Gasteiger partial charge on any atom is 0.253 e. The fourth-order valence-electron chi connectivity index (χ4n) is 1.98. The smallest absolute Gasteiger partial charge is 0.253 e. The molecule has 0 saturated heterocycles. The fraction of sp³-hybridized carbons (Fsp3) is 0.188. The molecule has 2 aromatic rings. The average Bonchev–Trinajstić information content (AvgIpc) is 2.50. The van der Waals surface area contributed by atoms with E-state index in [1.807, 2.05) is 36.4 Å². The molecule has 110 valence electrons. The lowest BCUT2D eigenvalue weighted by atomic mass is 10.1. The SMILES string of the molecule is O=C(NC(CBr)Cc1ccccc1)c1cc(Br)ccc1Cl. The van der Waals surface area contributed by atoms with E-state index < -0.39 is 0 Å². The van der Waals surface area contributed by atoms with Gasteiger partial charge in [0.15, 0.2) is 0 Å². The first kappa shape index (κ1) is 16.5. The number of carbonyl (C=O) groups is 1. The lowest BCUT2D eigenvalue weighted by molar-refractivity contribution is 0.0941. The number of carbonyl (C=O) groups excluding carboxylic acids is 1. The number of rotatable bonds is 5. The molecule has 0 fully saturated rings. The van der Waals surface area contributed by atoms with Crippen molar-refractivity contribution in [3.05, 3.63) is 69.2 Å². The molecular weight excluding hydrogens is 417 g/mol. The van der Waals surface area contributed by atoms with Crippen LogP contribution in [0.2, 0.25) is 5.02 Å². The number of nitrogens with one attached hydrogen (secondary N) is 1. The van der Waals surface area contributed by atoms with Gasteiger partial charge in [0.2, 0.25) is 0 Å². The Balaban J connectivity index is 2.07. The van der Waals surface area contributed by atoms with Gasteiger partial charge in [-0.2, -0.15) is 0 Å². The minimum absolute atomic E-state index is 0.00921. The fourth-order valence-corrected chi connectivity index (χ4v) is 2.93. The average molecular weight is 432 g/mol. The van der Waals surface area contributed by atoms with Gasteiger partial charge in [-0.1, -0.05) is 73.8 Å². The highest BCUT2D eigenvalue weighted by Crippen LogP contribution is 2.21. The van der Waals surface area contributed by atoms with Crippen molar-refractivity contribution in [3.63, 3.8) is 0 Å². The molecule has 2 rings (SSSR count). The highest BCUT2D eigenvalue weighted by atomic mass is 79.9. The summed E-state index contributed by atoms with van der Waals surface area (Å²) in [7, 11) is 0. The Hall–Kier alpha value is -0.840. The molecule has 0 bridgehead atoms. The second-order valence-corrected chi connectivity index (χ2v) is 6.61. The summed E-state index contributed by atoms with van der Waals surface area (Å²) in [5, 5.41) is 4.14. The molecule has 2 nitrogen and oxygen atoms in total. The lowest BCUT2D eigenvalue weighted by Gasteiger charge is -2.17. The Bertz CT molecular complexity index is 619. The summed E-state index contributed by atoms with van der Waals surface area (Å²) in [5.74, 6) is -0.165. The maximum atomic E-state index is 12.3. The van der Waals surface area contributed by atoms with Crippen LogP contribution < -0.4 is 5.32 Å². The van der Waals surface area contributed by atoms with Crippen molar-refractivity contribution in [2.24, 2.45) is 0 Å². The van der Waals surface area contributed by atoms with E-state index in [2.05, 4.69) is 37.2 Å². The van der Waals surface area contributed by atoms with Crippen LogP contribution >= 0.6 is 43.5 Å². The van der Waals surface area contributed by atoms with Crippen molar-refractivity contribution in [2.45, 2.75) is 12.5 Å². The Labute approximate surface area is 146 Å². The normalized spacial score (nSPS) is 12.0. The number of halogens is 3. The van der Waals surface area contributed by atoms with Crippen LogP contribution in [0.25, 0.3) is 0 Å². The lowest BCUT2D eigenvalue weighted by Crippen LogP contribution is -2.37. The molecule has 0 spiro atoms. The van der Waals surface area contributed by atoms with Crippen LogP contribution in [-0.4, -0.2) is 17.3 Å². The summed E-state index contributed by atoms with van der Waals surface area (Å²) < 4.78 is 0.829. The number of hydrogen-bond donors (Lipinski definition) is 1. The van der Waals surface area contributed by atoms with Crippen molar-refractivity contribution >= 4 is 49.4 Å². The van der Waals surface area contributed by atoms with Crippen LogP contribution in [0.3, 0.4) is 0 Å². The van der Waals surface area contributed by atoms with Gasteiger partial charge in [0.05, 0.1) is 10.6 Å². The van der Waals surface area contributed by atoms with Crippen LogP contribution in [0.15, 0.2) is 53.0 Å². The Kier molecular flexibility index (Phi) is 6.27. The van der Waals surface area contributed by atoms with E-state index >= 15 is 0 Å². The first-order chi connectivity index (χ1) is 10.1. The summed E-state index contributed by atoms with van der Waals surface area (Å²) in [6.07, 6.45) is 0.767. The predicted molar refractivity (Wildman–Crippen MR) is 94.3 cm³/mol. The van der Waals surface area contributed by atoms with E-state index in [1.165, 1.54) is 5.56 Å². The second-order valence-electron chi connectivity index (χ2n) is 4.64. The first-order valence-electron chi connectivity index (χ1n) is 6.46. The zero-order chi connectivity index (χ0) is 15.2. The Morgan fingerprint density at radius 2 is 1.90 bits per heavy atom. The zero-order valence-corrected chi connectivity index (χ0v) is 15.1. The van der Waals surface area contributed by atoms with E-state index in [1.54, 1.807) is 12.1 Å². The molecule has 0 aliphatic rings. The molecule has 0 aliphatic carbocycles. The van der Waals surface area contributed by atoms with Crippen LogP contribution in [0, 0.1) is 0 Å². The molecule has 1 amide bonds. The maximum absolute atomic E-state index is 12.3. The van der Waals surface area contributed by atoms with E-state index in [0.717, 1.165) is 10.9 Å². The van der Waals surface area contributed by atoms with E-state index in [-0.39, 0.29) is 11.9 Å². The van der Waals surface area contributed by atoms with Crippen molar-refractivity contribution in [2.75, 3.05) is 5.33 Å². The van der Waals surface area contributed by atoms with Crippen molar-refractivity contribution in [3.8, 4) is 0 Å². The van der Waals surface area contributed by atoms with Crippen LogP contribution in [0.5, 0.6) is 0 Å². The minimum atomic E-state index is -0.165. The molecule has 5 heteroatoms. The van der Waals surface area contributed by atoms with Crippen LogP contribution in [-0.2, 0) is 6.42 Å². The molecule has 0 heterocycles. The number of benzene rings is 2. The van der Waals surface area contributed by atoms with Crippen LogP contribution in [0.1, 0.15) is 15.9 Å². The molecule has 2 aromatic carbocycles. The van der Waals surface area contributed by atoms with Gasteiger partial charge in [-0.25, -0.2) is 0 Å². The summed E-state index contributed by atoms with van der Waals surface area (Å²) in [5.41, 5.74) is 1.66. The van der Waals surface area contributed by atoms with Gasteiger partial charge in [-0.05, 0) is 30.2 Å². The highest BCUT2D eigenvalue weighted by Gasteiger charge is 2.16. The summed E-state index contributed by atoms with van der Waals surface area (Å²) >= 11 is 12.9. The van der Waals surface area contributed by atoms with E-state index in [9.17, 15) is 4.79 Å². The number of alkyl halides is 1. The molecule has 0 saturated carbocycles. The monoisotopic (exact) mass is 429 g/mol. The first-order valence-corrected chi connectivity index (χ1v) is 8.75. The van der Waals surface area contributed by atoms with Gasteiger partial charge in [-0.15, -0.1) is 0 Å². The van der Waals surface area contributed by atoms with E-state index in [0.29, 0.717) is 15.9 Å². The molecule has 0 aliphatic heterocycles. The van der Waals surface area contributed by atoms with Gasteiger partial charge < -0.3 is 5.32 Å². The molecule has 0 aromatic heterocycles. The van der Waals surface area contributed by atoms with Gasteiger partial charge >= 0.3 is 0 Å². The molecule has 1 unspecified atom stereocenters.